The van der Waals surface area contributed by atoms with Gasteiger partial charge in [-0.1, -0.05) is 26.0 Å². The maximum atomic E-state index is 12.3. The van der Waals surface area contributed by atoms with Crippen LogP contribution in [0.4, 0.5) is 0 Å². The fraction of sp³-hybridized carbons (Fsp3) is 0.333. The first kappa shape index (κ1) is 18.1. The molecule has 0 bridgehead atoms. The van der Waals surface area contributed by atoms with E-state index >= 15 is 0 Å². The van der Waals surface area contributed by atoms with Crippen LogP contribution in [0.5, 0.6) is 0 Å². The topological polar surface area (TPSA) is 79.0 Å². The maximum absolute atomic E-state index is 12.3. The Morgan fingerprint density at radius 2 is 1.88 bits per heavy atom. The Balaban J connectivity index is 2.05. The fourth-order valence-corrected chi connectivity index (χ4v) is 2.88. The molecule has 1 aromatic carbocycles. The third-order valence-corrected chi connectivity index (χ3v) is 4.43. The number of carbonyl (C=O) groups excluding carboxylic acids is 1. The number of carbonyl (C=O) groups is 1. The van der Waals surface area contributed by atoms with Crippen molar-refractivity contribution < 1.29 is 9.00 Å². The third kappa shape index (κ3) is 5.16. The number of nitrogens with one attached hydrogen (secondary N) is 2. The second-order valence-corrected chi connectivity index (χ2v) is 7.52. The van der Waals surface area contributed by atoms with Crippen LogP contribution in [0, 0.1) is 5.92 Å². The lowest BCUT2D eigenvalue weighted by Gasteiger charge is -2.09. The van der Waals surface area contributed by atoms with E-state index in [0.717, 1.165) is 16.2 Å². The normalized spacial score (nSPS) is 12.2. The summed E-state index contributed by atoms with van der Waals surface area (Å²) < 4.78 is 11.4. The zero-order valence-electron chi connectivity index (χ0n) is 14.1. The van der Waals surface area contributed by atoms with Gasteiger partial charge in [0.1, 0.15) is 0 Å². The van der Waals surface area contributed by atoms with Crippen molar-refractivity contribution >= 4 is 16.7 Å². The minimum Gasteiger partial charge on any atom is -0.348 e. The van der Waals surface area contributed by atoms with E-state index in [1.165, 1.54) is 6.07 Å². The van der Waals surface area contributed by atoms with E-state index in [-0.39, 0.29) is 11.5 Å². The molecular weight excluding hydrogens is 324 g/mol. The van der Waals surface area contributed by atoms with E-state index in [0.29, 0.717) is 24.4 Å². The van der Waals surface area contributed by atoms with E-state index in [9.17, 15) is 13.8 Å². The number of H-pyrrole nitrogens is 1. The van der Waals surface area contributed by atoms with Gasteiger partial charge < -0.3 is 10.3 Å². The van der Waals surface area contributed by atoms with Crippen LogP contribution in [0.2, 0.25) is 0 Å². The summed E-state index contributed by atoms with van der Waals surface area (Å²) in [7, 11) is -1.02. The van der Waals surface area contributed by atoms with E-state index < -0.39 is 10.8 Å². The summed E-state index contributed by atoms with van der Waals surface area (Å²) in [5.74, 6) is 0.107. The summed E-state index contributed by atoms with van der Waals surface area (Å²) in [6.07, 6.45) is 2.34. The number of aromatic nitrogens is 1. The summed E-state index contributed by atoms with van der Waals surface area (Å²) in [5, 5.41) is 2.80. The average molecular weight is 346 g/mol. The highest BCUT2D eigenvalue weighted by molar-refractivity contribution is 7.84. The van der Waals surface area contributed by atoms with Crippen molar-refractivity contribution in [3.8, 4) is 0 Å². The van der Waals surface area contributed by atoms with E-state index in [2.05, 4.69) is 24.1 Å². The molecule has 1 heterocycles. The lowest BCUT2D eigenvalue weighted by molar-refractivity contribution is 0.0950. The fourth-order valence-electron chi connectivity index (χ4n) is 2.37. The van der Waals surface area contributed by atoms with Crippen molar-refractivity contribution in [2.75, 3.05) is 6.26 Å². The highest BCUT2D eigenvalue weighted by atomic mass is 32.2. The van der Waals surface area contributed by atoms with Crippen LogP contribution in [-0.2, 0) is 23.8 Å². The predicted molar refractivity (Wildman–Crippen MR) is 95.5 cm³/mol. The van der Waals surface area contributed by atoms with E-state index in [1.54, 1.807) is 24.5 Å². The van der Waals surface area contributed by atoms with Crippen LogP contribution in [0.25, 0.3) is 0 Å². The van der Waals surface area contributed by atoms with Gasteiger partial charge in [0.2, 0.25) is 5.56 Å². The highest BCUT2D eigenvalue weighted by Crippen LogP contribution is 2.09. The molecule has 0 saturated carbocycles. The quantitative estimate of drug-likeness (QED) is 0.842. The van der Waals surface area contributed by atoms with Crippen molar-refractivity contribution in [3.63, 3.8) is 0 Å². The van der Waals surface area contributed by atoms with Crippen LogP contribution < -0.4 is 10.9 Å². The molecular formula is C18H22N2O3S. The standard InChI is InChI=1S/C18H22N2O3S/c1-12(2)8-15-9-14(10-17(21)20-15)18(22)19-11-13-4-6-16(7-5-13)24(3)23/h4-7,9-10,12H,8,11H2,1-3H3,(H,19,22)(H,20,21). The monoisotopic (exact) mass is 346 g/mol. The average Bonchev–Trinajstić information content (AvgIpc) is 2.51. The van der Waals surface area contributed by atoms with Gasteiger partial charge in [0.05, 0.1) is 0 Å². The SMILES string of the molecule is CC(C)Cc1cc(C(=O)NCc2ccc(S(C)=O)cc2)cc(=O)[nH]1. The van der Waals surface area contributed by atoms with Gasteiger partial charge in [-0.3, -0.25) is 13.8 Å². The molecule has 0 saturated heterocycles. The van der Waals surface area contributed by atoms with Gasteiger partial charge in [-0.25, -0.2) is 0 Å². The lowest BCUT2D eigenvalue weighted by atomic mass is 10.1. The third-order valence-electron chi connectivity index (χ3n) is 3.50. The van der Waals surface area contributed by atoms with Gasteiger partial charge in [-0.05, 0) is 36.1 Å². The Hall–Kier alpha value is -2.21. The molecule has 2 aromatic rings. The lowest BCUT2D eigenvalue weighted by Crippen LogP contribution is -2.25. The van der Waals surface area contributed by atoms with E-state index in [4.69, 9.17) is 0 Å². The van der Waals surface area contributed by atoms with Crippen LogP contribution in [-0.4, -0.2) is 21.4 Å². The molecule has 2 rings (SSSR count). The molecule has 5 nitrogen and oxygen atoms in total. The minimum absolute atomic E-state index is 0.270. The number of benzene rings is 1. The summed E-state index contributed by atoms with van der Waals surface area (Å²) >= 11 is 0. The molecule has 0 aliphatic heterocycles. The Bertz CT molecular complexity index is 795. The molecule has 24 heavy (non-hydrogen) atoms. The molecule has 1 aromatic heterocycles. The van der Waals surface area contributed by atoms with Gasteiger partial charge in [-0.2, -0.15) is 0 Å². The first-order chi connectivity index (χ1) is 11.3. The van der Waals surface area contributed by atoms with Crippen LogP contribution in [0.15, 0.2) is 46.1 Å². The molecule has 0 aliphatic carbocycles. The Morgan fingerprint density at radius 1 is 1.21 bits per heavy atom. The number of amides is 1. The molecule has 0 spiro atoms. The zero-order valence-corrected chi connectivity index (χ0v) is 14.9. The zero-order chi connectivity index (χ0) is 17.7. The minimum atomic E-state index is -1.02. The van der Waals surface area contributed by atoms with Crippen LogP contribution >= 0.6 is 0 Å². The molecule has 1 unspecified atom stereocenters. The largest absolute Gasteiger partial charge is 0.348 e. The van der Waals surface area contributed by atoms with E-state index in [1.807, 2.05) is 12.1 Å². The second kappa shape index (κ2) is 8.06. The highest BCUT2D eigenvalue weighted by Gasteiger charge is 2.09. The first-order valence-electron chi connectivity index (χ1n) is 7.79. The molecule has 128 valence electrons. The van der Waals surface area contributed by atoms with Gasteiger partial charge in [0, 0.05) is 45.8 Å². The smallest absolute Gasteiger partial charge is 0.251 e. The van der Waals surface area contributed by atoms with Gasteiger partial charge in [0.15, 0.2) is 0 Å². The van der Waals surface area contributed by atoms with Gasteiger partial charge in [-0.15, -0.1) is 0 Å². The van der Waals surface area contributed by atoms with Gasteiger partial charge >= 0.3 is 0 Å². The van der Waals surface area contributed by atoms with Crippen LogP contribution in [0.1, 0.15) is 35.5 Å². The maximum Gasteiger partial charge on any atom is 0.251 e. The van der Waals surface area contributed by atoms with Crippen molar-refractivity contribution in [2.45, 2.75) is 31.7 Å². The summed E-state index contributed by atoms with van der Waals surface area (Å²) in [6, 6.07) is 10.3. The molecule has 0 aliphatic rings. The summed E-state index contributed by atoms with van der Waals surface area (Å²) in [5.41, 5.74) is 1.76. The number of pyridine rings is 1. The molecule has 1 atom stereocenters. The molecule has 2 N–H and O–H groups in total. The summed E-state index contributed by atoms with van der Waals surface area (Å²) in [6.45, 7) is 4.46. The Labute approximate surface area is 144 Å². The molecule has 0 radical (unpaired) electrons. The second-order valence-electron chi connectivity index (χ2n) is 6.14. The van der Waals surface area contributed by atoms with Crippen molar-refractivity contribution in [1.82, 2.24) is 10.3 Å². The van der Waals surface area contributed by atoms with Crippen LogP contribution in [0.3, 0.4) is 0 Å². The number of rotatable bonds is 6. The molecule has 0 fully saturated rings. The van der Waals surface area contributed by atoms with Gasteiger partial charge in [0.25, 0.3) is 5.91 Å². The van der Waals surface area contributed by atoms with Crippen molar-refractivity contribution in [2.24, 2.45) is 5.92 Å². The summed E-state index contributed by atoms with van der Waals surface area (Å²) in [4.78, 5) is 27.5. The van der Waals surface area contributed by atoms with Crippen molar-refractivity contribution in [1.29, 1.82) is 0 Å². The Kier molecular flexibility index (Phi) is 6.09. The molecule has 1 amide bonds. The first-order valence-corrected chi connectivity index (χ1v) is 9.35. The predicted octanol–water partition coefficient (Wildman–Crippen LogP) is 2.24. The number of aromatic amines is 1. The number of hydrogen-bond acceptors (Lipinski definition) is 3. The van der Waals surface area contributed by atoms with Crippen molar-refractivity contribution in [3.05, 3.63) is 63.6 Å². The Morgan fingerprint density at radius 3 is 2.46 bits per heavy atom. The molecule has 6 heteroatoms. The number of hydrogen-bond donors (Lipinski definition) is 2.